The first-order chi connectivity index (χ1) is 14.8. The molecule has 0 radical (unpaired) electrons. The summed E-state index contributed by atoms with van der Waals surface area (Å²) >= 11 is 1.40. The highest BCUT2D eigenvalue weighted by Gasteiger charge is 2.24. The molecule has 0 spiro atoms. The average Bonchev–Trinajstić information content (AvgIpc) is 3.16. The number of hydrogen-bond acceptors (Lipinski definition) is 6. The maximum atomic E-state index is 13.1. The normalized spacial score (nSPS) is 10.9. The van der Waals surface area contributed by atoms with Gasteiger partial charge in [0.15, 0.2) is 11.5 Å². The summed E-state index contributed by atoms with van der Waals surface area (Å²) < 4.78 is 1.31. The van der Waals surface area contributed by atoms with Gasteiger partial charge in [-0.25, -0.2) is 4.79 Å². The fourth-order valence-corrected chi connectivity index (χ4v) is 4.16. The molecule has 170 valence electrons. The molecule has 2 rings (SSSR count). The summed E-state index contributed by atoms with van der Waals surface area (Å²) in [4.78, 5) is 55.6. The predicted molar refractivity (Wildman–Crippen MR) is 125 cm³/mol. The molecule has 9 heteroatoms. The first kappa shape index (κ1) is 24.6. The third-order valence-electron chi connectivity index (χ3n) is 5.09. The Kier molecular flexibility index (Phi) is 9.23. The predicted octanol–water partition coefficient (Wildman–Crippen LogP) is 3.48. The minimum absolute atomic E-state index is 0.00350. The van der Waals surface area contributed by atoms with Crippen LogP contribution in [0.2, 0.25) is 0 Å². The highest BCUT2D eigenvalue weighted by Crippen LogP contribution is 2.21. The van der Waals surface area contributed by atoms with Crippen molar-refractivity contribution >= 4 is 34.5 Å². The van der Waals surface area contributed by atoms with E-state index >= 15 is 0 Å². The van der Waals surface area contributed by atoms with E-state index in [1.165, 1.54) is 20.8 Å². The van der Waals surface area contributed by atoms with Crippen LogP contribution in [-0.4, -0.2) is 27.8 Å². The quantitative estimate of drug-likeness (QED) is 0.381. The number of aryl methyl sites for hydroxylation is 1. The first-order valence-corrected chi connectivity index (χ1v) is 11.6. The summed E-state index contributed by atoms with van der Waals surface area (Å²) in [6.45, 7) is 6.61. The Bertz CT molecular complexity index is 1020. The molecule has 0 atom stereocenters. The zero-order valence-corrected chi connectivity index (χ0v) is 19.3. The number of H-pyrrole nitrogens is 1. The molecule has 0 fully saturated rings. The van der Waals surface area contributed by atoms with Gasteiger partial charge in [0.05, 0.1) is 4.88 Å². The van der Waals surface area contributed by atoms with Gasteiger partial charge in [0.25, 0.3) is 5.56 Å². The average molecular weight is 449 g/mol. The number of Topliss-reactive ketones (excluding diaryl/α,β-unsaturated/α-hetero) is 1. The van der Waals surface area contributed by atoms with E-state index in [9.17, 15) is 19.2 Å². The second-order valence-corrected chi connectivity index (χ2v) is 8.87. The molecule has 3 N–H and O–H groups in total. The van der Waals surface area contributed by atoms with Crippen molar-refractivity contribution < 1.29 is 9.59 Å². The van der Waals surface area contributed by atoms with E-state index < -0.39 is 11.2 Å². The molecule has 8 nitrogen and oxygen atoms in total. The summed E-state index contributed by atoms with van der Waals surface area (Å²) in [5.41, 5.74) is 4.94. The lowest BCUT2D eigenvalue weighted by atomic mass is 10.1. The second kappa shape index (κ2) is 11.6. The topological polar surface area (TPSA) is 118 Å². The van der Waals surface area contributed by atoms with Crippen LogP contribution in [0.5, 0.6) is 0 Å². The standard InChI is InChI=1S/C22H32N4O4S/c1-4-6-8-14-25(18(28)12-10-16(27)17-11-9-15(3)31-17)19-20(23)26(13-7-5-2)22(30)24-21(19)29/h9,11H,4-8,10,12-14,23H2,1-3H3,(H,24,29,30). The van der Waals surface area contributed by atoms with Gasteiger partial charge in [0, 0.05) is 30.8 Å². The Morgan fingerprint density at radius 1 is 1.10 bits per heavy atom. The Labute approximate surface area is 186 Å². The maximum Gasteiger partial charge on any atom is 0.330 e. The van der Waals surface area contributed by atoms with Crippen LogP contribution in [-0.2, 0) is 11.3 Å². The molecule has 2 heterocycles. The number of hydrogen-bond donors (Lipinski definition) is 2. The van der Waals surface area contributed by atoms with Crippen LogP contribution in [0.15, 0.2) is 21.7 Å². The Morgan fingerprint density at radius 3 is 2.42 bits per heavy atom. The number of rotatable bonds is 12. The number of nitrogens with two attached hydrogens (primary N) is 1. The molecule has 0 aliphatic carbocycles. The largest absolute Gasteiger partial charge is 0.383 e. The lowest BCUT2D eigenvalue weighted by molar-refractivity contribution is -0.118. The fourth-order valence-electron chi connectivity index (χ4n) is 3.32. The van der Waals surface area contributed by atoms with Gasteiger partial charge in [0.1, 0.15) is 5.82 Å². The number of anilines is 2. The van der Waals surface area contributed by atoms with Gasteiger partial charge in [-0.1, -0.05) is 33.1 Å². The van der Waals surface area contributed by atoms with Gasteiger partial charge < -0.3 is 10.6 Å². The highest BCUT2D eigenvalue weighted by atomic mass is 32.1. The van der Waals surface area contributed by atoms with Crippen LogP contribution in [0, 0.1) is 6.92 Å². The van der Waals surface area contributed by atoms with Crippen LogP contribution >= 0.6 is 11.3 Å². The monoisotopic (exact) mass is 448 g/mol. The van der Waals surface area contributed by atoms with Crippen molar-refractivity contribution in [2.24, 2.45) is 0 Å². The number of ketones is 1. The minimum atomic E-state index is -0.680. The number of carbonyl (C=O) groups is 2. The van der Waals surface area contributed by atoms with E-state index in [1.807, 2.05) is 26.8 Å². The molecule has 1 amide bonds. The summed E-state index contributed by atoms with van der Waals surface area (Å²) in [5.74, 6) is -0.461. The number of unbranched alkanes of at least 4 members (excludes halogenated alkanes) is 3. The Morgan fingerprint density at radius 2 is 1.81 bits per heavy atom. The molecule has 0 saturated heterocycles. The number of carbonyl (C=O) groups excluding carboxylic acids is 2. The third kappa shape index (κ3) is 6.40. The molecule has 0 aliphatic heterocycles. The zero-order chi connectivity index (χ0) is 23.0. The minimum Gasteiger partial charge on any atom is -0.383 e. The fraction of sp³-hybridized carbons (Fsp3) is 0.545. The number of amides is 1. The Balaban J connectivity index is 2.30. The molecular formula is C22H32N4O4S. The number of aromatic amines is 1. The molecule has 0 bridgehead atoms. The van der Waals surface area contributed by atoms with Crippen molar-refractivity contribution in [1.82, 2.24) is 9.55 Å². The molecule has 0 unspecified atom stereocenters. The summed E-state index contributed by atoms with van der Waals surface area (Å²) in [6, 6.07) is 3.63. The SMILES string of the molecule is CCCCCN(C(=O)CCC(=O)c1ccc(C)s1)c1c(N)n(CCCC)c(=O)[nH]c1=O. The molecular weight excluding hydrogens is 416 g/mol. The highest BCUT2D eigenvalue weighted by molar-refractivity contribution is 7.14. The number of aromatic nitrogens is 2. The van der Waals surface area contributed by atoms with E-state index in [0.29, 0.717) is 30.8 Å². The van der Waals surface area contributed by atoms with Crippen molar-refractivity contribution in [1.29, 1.82) is 0 Å². The maximum absolute atomic E-state index is 13.1. The van der Waals surface area contributed by atoms with Crippen LogP contribution in [0.1, 0.15) is 73.3 Å². The number of thiophene rings is 1. The van der Waals surface area contributed by atoms with E-state index in [0.717, 1.165) is 24.1 Å². The smallest absolute Gasteiger partial charge is 0.330 e. The van der Waals surface area contributed by atoms with Crippen molar-refractivity contribution in [2.75, 3.05) is 17.2 Å². The molecule has 0 saturated carbocycles. The summed E-state index contributed by atoms with van der Waals surface area (Å²) in [5, 5.41) is 0. The second-order valence-electron chi connectivity index (χ2n) is 7.58. The van der Waals surface area contributed by atoms with Crippen LogP contribution < -0.4 is 21.9 Å². The van der Waals surface area contributed by atoms with E-state index in [1.54, 1.807) is 6.07 Å². The number of nitrogens with zero attached hydrogens (tertiary/aromatic N) is 2. The van der Waals surface area contributed by atoms with E-state index in [2.05, 4.69) is 4.98 Å². The van der Waals surface area contributed by atoms with Crippen molar-refractivity contribution in [3.8, 4) is 0 Å². The van der Waals surface area contributed by atoms with Gasteiger partial charge in [-0.05, 0) is 31.9 Å². The first-order valence-electron chi connectivity index (χ1n) is 10.8. The lowest BCUT2D eigenvalue weighted by Crippen LogP contribution is -2.41. The van der Waals surface area contributed by atoms with Gasteiger partial charge in [0.2, 0.25) is 5.91 Å². The van der Waals surface area contributed by atoms with Crippen molar-refractivity contribution in [3.05, 3.63) is 42.7 Å². The van der Waals surface area contributed by atoms with E-state index in [-0.39, 0.29) is 36.0 Å². The van der Waals surface area contributed by atoms with Crippen molar-refractivity contribution in [3.63, 3.8) is 0 Å². The van der Waals surface area contributed by atoms with Gasteiger partial charge >= 0.3 is 5.69 Å². The van der Waals surface area contributed by atoms with E-state index in [4.69, 9.17) is 5.73 Å². The van der Waals surface area contributed by atoms with Crippen LogP contribution in [0.3, 0.4) is 0 Å². The van der Waals surface area contributed by atoms with Gasteiger partial charge in [-0.2, -0.15) is 0 Å². The molecule has 2 aromatic rings. The van der Waals surface area contributed by atoms with Gasteiger partial charge in [-0.3, -0.25) is 23.9 Å². The number of nitrogens with one attached hydrogen (secondary N) is 1. The van der Waals surface area contributed by atoms with Crippen LogP contribution in [0.25, 0.3) is 0 Å². The summed E-state index contributed by atoms with van der Waals surface area (Å²) in [6.07, 6.45) is 4.10. The molecule has 31 heavy (non-hydrogen) atoms. The molecule has 2 aromatic heterocycles. The lowest BCUT2D eigenvalue weighted by Gasteiger charge is -2.24. The summed E-state index contributed by atoms with van der Waals surface area (Å²) in [7, 11) is 0. The zero-order valence-electron chi connectivity index (χ0n) is 18.5. The Hall–Kier alpha value is -2.68. The molecule has 0 aromatic carbocycles. The number of nitrogen functional groups attached to an aromatic ring is 1. The van der Waals surface area contributed by atoms with Crippen molar-refractivity contribution in [2.45, 2.75) is 72.3 Å². The molecule has 0 aliphatic rings. The van der Waals surface area contributed by atoms with Gasteiger partial charge in [-0.15, -0.1) is 11.3 Å². The third-order valence-corrected chi connectivity index (χ3v) is 6.13. The van der Waals surface area contributed by atoms with Crippen LogP contribution in [0.4, 0.5) is 11.5 Å².